The molecule has 2 aliphatic heterocycles. The molecular formula is C19H23N3O3. The van der Waals surface area contributed by atoms with Crippen LogP contribution < -0.4 is 0 Å². The normalized spacial score (nSPS) is 23.7. The summed E-state index contributed by atoms with van der Waals surface area (Å²) in [6.07, 6.45) is 0.0609. The van der Waals surface area contributed by atoms with E-state index in [0.29, 0.717) is 37.0 Å². The van der Waals surface area contributed by atoms with Gasteiger partial charge >= 0.3 is 0 Å². The number of aromatic nitrogens is 1. The quantitative estimate of drug-likeness (QED) is 0.855. The Hall–Kier alpha value is -2.18. The van der Waals surface area contributed by atoms with E-state index in [-0.39, 0.29) is 18.1 Å². The molecule has 0 aliphatic carbocycles. The van der Waals surface area contributed by atoms with Crippen molar-refractivity contribution >= 4 is 5.91 Å². The number of morpholine rings is 1. The van der Waals surface area contributed by atoms with Crippen LogP contribution in [0.4, 0.5) is 0 Å². The summed E-state index contributed by atoms with van der Waals surface area (Å²) in [5.74, 6) is 0.793. The first-order valence-corrected chi connectivity index (χ1v) is 8.74. The third-order valence-corrected chi connectivity index (χ3v) is 5.03. The molecule has 2 aliphatic rings. The molecule has 132 valence electrons. The number of carbonyl (C=O) groups excluding carboxylic acids is 1. The average molecular weight is 341 g/mol. The van der Waals surface area contributed by atoms with Crippen LogP contribution in [0.25, 0.3) is 0 Å². The number of oxazole rings is 1. The maximum Gasteiger partial charge on any atom is 0.291 e. The first-order chi connectivity index (χ1) is 12.1. The van der Waals surface area contributed by atoms with Gasteiger partial charge in [-0.1, -0.05) is 30.3 Å². The summed E-state index contributed by atoms with van der Waals surface area (Å²) < 4.78 is 11.4. The third-order valence-electron chi connectivity index (χ3n) is 5.03. The van der Waals surface area contributed by atoms with Gasteiger partial charge < -0.3 is 14.1 Å². The fourth-order valence-electron chi connectivity index (χ4n) is 3.81. The predicted molar refractivity (Wildman–Crippen MR) is 92.3 cm³/mol. The van der Waals surface area contributed by atoms with Gasteiger partial charge in [0.2, 0.25) is 5.76 Å². The molecule has 2 aromatic rings. The van der Waals surface area contributed by atoms with E-state index in [1.807, 2.05) is 17.9 Å². The van der Waals surface area contributed by atoms with Crippen LogP contribution >= 0.6 is 0 Å². The van der Waals surface area contributed by atoms with Gasteiger partial charge in [-0.2, -0.15) is 0 Å². The lowest BCUT2D eigenvalue weighted by Gasteiger charge is -2.36. The van der Waals surface area contributed by atoms with E-state index in [2.05, 4.69) is 34.1 Å². The van der Waals surface area contributed by atoms with Crippen molar-refractivity contribution in [3.05, 3.63) is 53.2 Å². The summed E-state index contributed by atoms with van der Waals surface area (Å²) in [5.41, 5.74) is 1.94. The number of hydrogen-bond donors (Lipinski definition) is 0. The van der Waals surface area contributed by atoms with E-state index < -0.39 is 0 Å². The van der Waals surface area contributed by atoms with Crippen molar-refractivity contribution in [1.82, 2.24) is 14.8 Å². The molecule has 1 amide bonds. The SMILES string of the molecule is Cc1nc(C)c(C(=O)N2C[C@@H]3OCCN(Cc4ccccc4)[C@H]3C2)o1. The second-order valence-corrected chi connectivity index (χ2v) is 6.79. The molecule has 4 rings (SSSR count). The monoisotopic (exact) mass is 341 g/mol. The summed E-state index contributed by atoms with van der Waals surface area (Å²) in [5, 5.41) is 0. The van der Waals surface area contributed by atoms with Gasteiger partial charge in [0.15, 0.2) is 5.89 Å². The van der Waals surface area contributed by atoms with Crippen molar-refractivity contribution in [2.45, 2.75) is 32.5 Å². The van der Waals surface area contributed by atoms with E-state index >= 15 is 0 Å². The molecule has 1 aromatic heterocycles. The zero-order valence-electron chi connectivity index (χ0n) is 14.6. The number of rotatable bonds is 3. The summed E-state index contributed by atoms with van der Waals surface area (Å²) >= 11 is 0. The number of nitrogens with zero attached hydrogens (tertiary/aromatic N) is 3. The fourth-order valence-corrected chi connectivity index (χ4v) is 3.81. The van der Waals surface area contributed by atoms with Gasteiger partial charge in [-0.3, -0.25) is 9.69 Å². The lowest BCUT2D eigenvalue weighted by atomic mass is 10.1. The molecule has 3 heterocycles. The highest BCUT2D eigenvalue weighted by Crippen LogP contribution is 2.26. The molecule has 2 atom stereocenters. The third kappa shape index (κ3) is 3.19. The first kappa shape index (κ1) is 16.3. The summed E-state index contributed by atoms with van der Waals surface area (Å²) in [6, 6.07) is 10.7. The highest BCUT2D eigenvalue weighted by molar-refractivity contribution is 5.92. The average Bonchev–Trinajstić information content (AvgIpc) is 3.19. The van der Waals surface area contributed by atoms with E-state index in [1.54, 1.807) is 6.92 Å². The Kier molecular flexibility index (Phi) is 4.31. The van der Waals surface area contributed by atoms with Gasteiger partial charge in [0.05, 0.1) is 24.4 Å². The smallest absolute Gasteiger partial charge is 0.291 e. The number of amides is 1. The molecule has 0 N–H and O–H groups in total. The molecule has 0 radical (unpaired) electrons. The predicted octanol–water partition coefficient (Wildman–Crippen LogP) is 2.02. The number of carbonyl (C=O) groups is 1. The number of fused-ring (bicyclic) bond motifs is 1. The van der Waals surface area contributed by atoms with Crippen molar-refractivity contribution in [3.8, 4) is 0 Å². The van der Waals surface area contributed by atoms with Crippen molar-refractivity contribution in [2.75, 3.05) is 26.2 Å². The van der Waals surface area contributed by atoms with Crippen LogP contribution in [0, 0.1) is 13.8 Å². The van der Waals surface area contributed by atoms with Crippen LogP contribution in [0.2, 0.25) is 0 Å². The molecule has 6 nitrogen and oxygen atoms in total. The number of likely N-dealkylation sites (tertiary alicyclic amines) is 1. The lowest BCUT2D eigenvalue weighted by molar-refractivity contribution is -0.0503. The van der Waals surface area contributed by atoms with Gasteiger partial charge in [0.1, 0.15) is 0 Å². The Labute approximate surface area is 147 Å². The summed E-state index contributed by atoms with van der Waals surface area (Å²) in [7, 11) is 0. The largest absolute Gasteiger partial charge is 0.436 e. The van der Waals surface area contributed by atoms with Crippen molar-refractivity contribution in [3.63, 3.8) is 0 Å². The van der Waals surface area contributed by atoms with Gasteiger partial charge in [-0.15, -0.1) is 0 Å². The Balaban J connectivity index is 1.49. The minimum Gasteiger partial charge on any atom is -0.436 e. The van der Waals surface area contributed by atoms with Crippen LogP contribution in [0.15, 0.2) is 34.7 Å². The number of aryl methyl sites for hydroxylation is 2. The molecule has 2 fully saturated rings. The lowest BCUT2D eigenvalue weighted by Crippen LogP contribution is -2.50. The van der Waals surface area contributed by atoms with Crippen LogP contribution in [0.5, 0.6) is 0 Å². The number of hydrogen-bond acceptors (Lipinski definition) is 5. The topological polar surface area (TPSA) is 58.8 Å². The van der Waals surface area contributed by atoms with Crippen molar-refractivity contribution in [1.29, 1.82) is 0 Å². The highest BCUT2D eigenvalue weighted by Gasteiger charge is 2.42. The second kappa shape index (κ2) is 6.61. The molecule has 1 aromatic carbocycles. The minimum atomic E-state index is -0.0873. The number of ether oxygens (including phenoxy) is 1. The molecule has 2 saturated heterocycles. The molecule has 25 heavy (non-hydrogen) atoms. The van der Waals surface area contributed by atoms with Crippen molar-refractivity contribution in [2.24, 2.45) is 0 Å². The van der Waals surface area contributed by atoms with Crippen LogP contribution in [-0.2, 0) is 11.3 Å². The molecule has 0 unspecified atom stereocenters. The van der Waals surface area contributed by atoms with Crippen LogP contribution in [0.1, 0.15) is 27.7 Å². The minimum absolute atomic E-state index is 0.0609. The van der Waals surface area contributed by atoms with Gasteiger partial charge in [0.25, 0.3) is 5.91 Å². The highest BCUT2D eigenvalue weighted by atomic mass is 16.5. The summed E-state index contributed by atoms with van der Waals surface area (Å²) in [6.45, 7) is 7.32. The van der Waals surface area contributed by atoms with E-state index in [1.165, 1.54) is 5.56 Å². The van der Waals surface area contributed by atoms with Gasteiger partial charge in [-0.05, 0) is 12.5 Å². The van der Waals surface area contributed by atoms with Crippen molar-refractivity contribution < 1.29 is 13.9 Å². The maximum atomic E-state index is 12.8. The zero-order chi connectivity index (χ0) is 17.4. The second-order valence-electron chi connectivity index (χ2n) is 6.79. The molecule has 6 heteroatoms. The molecule has 0 bridgehead atoms. The first-order valence-electron chi connectivity index (χ1n) is 8.74. The molecule has 0 saturated carbocycles. The fraction of sp³-hybridized carbons (Fsp3) is 0.474. The maximum absolute atomic E-state index is 12.8. The van der Waals surface area contributed by atoms with E-state index in [0.717, 1.165) is 13.1 Å². The van der Waals surface area contributed by atoms with E-state index in [9.17, 15) is 4.79 Å². The summed E-state index contributed by atoms with van der Waals surface area (Å²) in [4.78, 5) is 21.3. The molecule has 0 spiro atoms. The van der Waals surface area contributed by atoms with Crippen LogP contribution in [0.3, 0.4) is 0 Å². The Bertz CT molecular complexity index is 759. The van der Waals surface area contributed by atoms with Gasteiger partial charge in [0, 0.05) is 33.1 Å². The standard InChI is InChI=1S/C19H23N3O3/c1-13-18(25-14(2)20-13)19(23)22-11-16-17(12-22)24-9-8-21(16)10-15-6-4-3-5-7-15/h3-7,16-17H,8-12H2,1-2H3/t16-,17-/m0/s1. The molecular weight excluding hydrogens is 318 g/mol. The Morgan fingerprint density at radius 1 is 1.24 bits per heavy atom. The number of benzene rings is 1. The van der Waals surface area contributed by atoms with Gasteiger partial charge in [-0.25, -0.2) is 4.98 Å². The van der Waals surface area contributed by atoms with Crippen LogP contribution in [-0.4, -0.2) is 59.1 Å². The van der Waals surface area contributed by atoms with E-state index in [4.69, 9.17) is 9.15 Å². The zero-order valence-corrected chi connectivity index (χ0v) is 14.6. The Morgan fingerprint density at radius 3 is 2.76 bits per heavy atom. The Morgan fingerprint density at radius 2 is 2.04 bits per heavy atom.